The van der Waals surface area contributed by atoms with Crippen molar-refractivity contribution in [2.45, 2.75) is 38.8 Å². The maximum atomic E-state index is 12.5. The Morgan fingerprint density at radius 3 is 2.48 bits per heavy atom. The van der Waals surface area contributed by atoms with Crippen LogP contribution in [0.3, 0.4) is 0 Å². The maximum Gasteiger partial charge on any atom is 0.262 e. The summed E-state index contributed by atoms with van der Waals surface area (Å²) in [5.41, 5.74) is 3.40. The summed E-state index contributed by atoms with van der Waals surface area (Å²) in [4.78, 5) is 26.5. The summed E-state index contributed by atoms with van der Waals surface area (Å²) in [6, 6.07) is 13.5. The molecule has 1 fully saturated rings. The molecule has 0 aromatic heterocycles. The molecule has 29 heavy (non-hydrogen) atoms. The number of hydrogen-bond donors (Lipinski definition) is 2. The van der Waals surface area contributed by atoms with Gasteiger partial charge in [-0.25, -0.2) is 0 Å². The summed E-state index contributed by atoms with van der Waals surface area (Å²) in [5, 5.41) is 5.66. The minimum Gasteiger partial charge on any atom is -0.482 e. The van der Waals surface area contributed by atoms with Gasteiger partial charge in [-0.2, -0.15) is 0 Å². The molecule has 2 heterocycles. The highest BCUT2D eigenvalue weighted by molar-refractivity contribution is 5.99. The maximum absolute atomic E-state index is 12.5. The number of carbonyl (C=O) groups is 2. The second-order valence-electron chi connectivity index (χ2n) is 7.74. The number of likely N-dealkylation sites (tertiary alicyclic amines) is 1. The first-order chi connectivity index (χ1) is 14.2. The van der Waals surface area contributed by atoms with Gasteiger partial charge in [0.1, 0.15) is 5.75 Å². The molecule has 0 bridgehead atoms. The van der Waals surface area contributed by atoms with Crippen LogP contribution in [0.5, 0.6) is 5.75 Å². The van der Waals surface area contributed by atoms with E-state index in [0.717, 1.165) is 12.1 Å². The number of fused-ring (bicyclic) bond motifs is 1. The molecule has 152 valence electrons. The highest BCUT2D eigenvalue weighted by Crippen LogP contribution is 2.28. The van der Waals surface area contributed by atoms with Crippen molar-refractivity contribution in [3.05, 3.63) is 59.2 Å². The standard InChI is InChI=1S/C23H27N3O3/c27-22-16-29-21-10-9-19(13-20(21)25-22)23(28)24-14-17-5-7-18(8-6-17)15-26-11-3-1-2-4-12-26/h5-10,13H,1-4,11-12,14-16H2,(H,24,28)(H,25,27). The van der Waals surface area contributed by atoms with E-state index < -0.39 is 0 Å². The van der Waals surface area contributed by atoms with E-state index in [4.69, 9.17) is 4.74 Å². The smallest absolute Gasteiger partial charge is 0.262 e. The van der Waals surface area contributed by atoms with Gasteiger partial charge in [0.15, 0.2) is 6.61 Å². The van der Waals surface area contributed by atoms with Gasteiger partial charge < -0.3 is 15.4 Å². The fraction of sp³-hybridized carbons (Fsp3) is 0.391. The number of rotatable bonds is 5. The first-order valence-electron chi connectivity index (χ1n) is 10.3. The predicted octanol–water partition coefficient (Wildman–Crippen LogP) is 3.32. The Morgan fingerprint density at radius 2 is 1.72 bits per heavy atom. The molecular weight excluding hydrogens is 366 g/mol. The zero-order valence-electron chi connectivity index (χ0n) is 16.6. The van der Waals surface area contributed by atoms with E-state index in [0.29, 0.717) is 23.5 Å². The van der Waals surface area contributed by atoms with E-state index in [1.165, 1.54) is 44.3 Å². The minimum absolute atomic E-state index is 0.00625. The largest absolute Gasteiger partial charge is 0.482 e. The van der Waals surface area contributed by atoms with Gasteiger partial charge >= 0.3 is 0 Å². The Labute approximate surface area is 171 Å². The SMILES string of the molecule is O=C1COc2ccc(C(=O)NCc3ccc(CN4CCCCCC4)cc3)cc2N1. The van der Waals surface area contributed by atoms with E-state index in [-0.39, 0.29) is 18.4 Å². The van der Waals surface area contributed by atoms with E-state index >= 15 is 0 Å². The normalized spacial score (nSPS) is 16.9. The van der Waals surface area contributed by atoms with Crippen LogP contribution in [-0.4, -0.2) is 36.4 Å². The highest BCUT2D eigenvalue weighted by Gasteiger charge is 2.17. The number of nitrogens with one attached hydrogen (secondary N) is 2. The third kappa shape index (κ3) is 5.15. The lowest BCUT2D eigenvalue weighted by molar-refractivity contribution is -0.118. The summed E-state index contributed by atoms with van der Waals surface area (Å²) in [7, 11) is 0. The number of nitrogens with zero attached hydrogens (tertiary/aromatic N) is 1. The molecule has 6 heteroatoms. The number of ether oxygens (including phenoxy) is 1. The zero-order chi connectivity index (χ0) is 20.1. The van der Waals surface area contributed by atoms with Crippen LogP contribution >= 0.6 is 0 Å². The van der Waals surface area contributed by atoms with E-state index in [1.54, 1.807) is 18.2 Å². The second kappa shape index (κ2) is 9.09. The quantitative estimate of drug-likeness (QED) is 0.818. The predicted molar refractivity (Wildman–Crippen MR) is 112 cm³/mol. The number of hydrogen-bond acceptors (Lipinski definition) is 4. The van der Waals surface area contributed by atoms with Gasteiger partial charge in [0.25, 0.3) is 11.8 Å². The number of benzene rings is 2. The van der Waals surface area contributed by atoms with Crippen LogP contribution < -0.4 is 15.4 Å². The van der Waals surface area contributed by atoms with Gasteiger partial charge in [-0.1, -0.05) is 37.1 Å². The van der Waals surface area contributed by atoms with Gasteiger partial charge in [0, 0.05) is 18.7 Å². The van der Waals surface area contributed by atoms with E-state index in [9.17, 15) is 9.59 Å². The molecule has 2 aromatic carbocycles. The molecule has 2 aliphatic heterocycles. The van der Waals surface area contributed by atoms with Crippen molar-refractivity contribution in [2.24, 2.45) is 0 Å². The van der Waals surface area contributed by atoms with Gasteiger partial charge in [-0.15, -0.1) is 0 Å². The van der Waals surface area contributed by atoms with E-state index in [1.807, 2.05) is 0 Å². The second-order valence-corrected chi connectivity index (χ2v) is 7.74. The van der Waals surface area contributed by atoms with Gasteiger partial charge in [-0.3, -0.25) is 14.5 Å². The van der Waals surface area contributed by atoms with Crippen LogP contribution in [0.4, 0.5) is 5.69 Å². The van der Waals surface area contributed by atoms with Crippen LogP contribution in [0.2, 0.25) is 0 Å². The Kier molecular flexibility index (Phi) is 6.10. The van der Waals surface area contributed by atoms with Crippen molar-refractivity contribution in [3.63, 3.8) is 0 Å². The van der Waals surface area contributed by atoms with Gasteiger partial charge in [0.05, 0.1) is 5.69 Å². The van der Waals surface area contributed by atoms with Crippen LogP contribution in [0, 0.1) is 0 Å². The summed E-state index contributed by atoms with van der Waals surface area (Å²) >= 11 is 0. The van der Waals surface area contributed by atoms with Gasteiger partial charge in [-0.05, 0) is 55.3 Å². The van der Waals surface area contributed by atoms with E-state index in [2.05, 4.69) is 39.8 Å². The van der Waals surface area contributed by atoms with Crippen LogP contribution in [0.25, 0.3) is 0 Å². The lowest BCUT2D eigenvalue weighted by Crippen LogP contribution is -2.27. The summed E-state index contributed by atoms with van der Waals surface area (Å²) < 4.78 is 5.33. The lowest BCUT2D eigenvalue weighted by Gasteiger charge is -2.20. The van der Waals surface area contributed by atoms with Crippen molar-refractivity contribution < 1.29 is 14.3 Å². The topological polar surface area (TPSA) is 70.7 Å². The summed E-state index contributed by atoms with van der Waals surface area (Å²) in [5.74, 6) is 0.192. The minimum atomic E-state index is -0.213. The highest BCUT2D eigenvalue weighted by atomic mass is 16.5. The molecule has 2 N–H and O–H groups in total. The first-order valence-corrected chi connectivity index (χ1v) is 10.3. The molecule has 0 saturated carbocycles. The van der Waals surface area contributed by atoms with Crippen molar-refractivity contribution in [1.82, 2.24) is 10.2 Å². The Hall–Kier alpha value is -2.86. The fourth-order valence-electron chi connectivity index (χ4n) is 3.82. The number of amides is 2. The van der Waals surface area contributed by atoms with Crippen LogP contribution in [0.15, 0.2) is 42.5 Å². The van der Waals surface area contributed by atoms with Crippen molar-refractivity contribution >= 4 is 17.5 Å². The molecule has 0 spiro atoms. The Bertz CT molecular complexity index is 871. The third-order valence-corrected chi connectivity index (χ3v) is 5.46. The first kappa shape index (κ1) is 19.5. The molecule has 0 radical (unpaired) electrons. The molecular formula is C23H27N3O3. The monoisotopic (exact) mass is 393 g/mol. The number of anilines is 1. The number of carbonyl (C=O) groups excluding carboxylic acids is 2. The van der Waals surface area contributed by atoms with Crippen LogP contribution in [-0.2, 0) is 17.9 Å². The molecule has 2 aliphatic rings. The fourth-order valence-corrected chi connectivity index (χ4v) is 3.82. The molecule has 0 atom stereocenters. The van der Waals surface area contributed by atoms with Crippen molar-refractivity contribution in [2.75, 3.05) is 25.0 Å². The molecule has 4 rings (SSSR count). The molecule has 0 unspecified atom stereocenters. The average Bonchev–Trinajstić information content (AvgIpc) is 3.01. The average molecular weight is 393 g/mol. The summed E-state index contributed by atoms with van der Waals surface area (Å²) in [6.45, 7) is 3.83. The molecule has 1 saturated heterocycles. The lowest BCUT2D eigenvalue weighted by atomic mass is 10.1. The third-order valence-electron chi connectivity index (χ3n) is 5.46. The van der Waals surface area contributed by atoms with Crippen LogP contribution in [0.1, 0.15) is 47.2 Å². The molecule has 2 amide bonds. The Morgan fingerprint density at radius 1 is 1.00 bits per heavy atom. The zero-order valence-corrected chi connectivity index (χ0v) is 16.6. The molecule has 2 aromatic rings. The van der Waals surface area contributed by atoms with Crippen molar-refractivity contribution in [3.8, 4) is 5.75 Å². The summed E-state index contributed by atoms with van der Waals surface area (Å²) in [6.07, 6.45) is 5.28. The van der Waals surface area contributed by atoms with Gasteiger partial charge in [0.2, 0.25) is 0 Å². The molecule has 0 aliphatic carbocycles. The Balaban J connectivity index is 1.31. The molecule has 6 nitrogen and oxygen atoms in total. The van der Waals surface area contributed by atoms with Crippen molar-refractivity contribution in [1.29, 1.82) is 0 Å².